The van der Waals surface area contributed by atoms with E-state index in [9.17, 15) is 0 Å². The predicted octanol–water partition coefficient (Wildman–Crippen LogP) is 7.66. The third-order valence-electron chi connectivity index (χ3n) is 4.16. The average molecular weight is 380 g/mol. The molecule has 0 saturated heterocycles. The highest BCUT2D eigenvalue weighted by molar-refractivity contribution is 5.61. The number of rotatable bonds is 2. The third-order valence-corrected chi connectivity index (χ3v) is 4.16. The Morgan fingerprint density at radius 2 is 1.03 bits per heavy atom. The number of aryl methyl sites for hydroxylation is 1. The van der Waals surface area contributed by atoms with Gasteiger partial charge in [-0.25, -0.2) is 0 Å². The Morgan fingerprint density at radius 3 is 1.41 bits per heavy atom. The number of allylic oxidation sites excluding steroid dienone is 5. The van der Waals surface area contributed by atoms with Gasteiger partial charge in [0.15, 0.2) is 0 Å². The van der Waals surface area contributed by atoms with Gasteiger partial charge in [-0.2, -0.15) is 0 Å². The van der Waals surface area contributed by atoms with Crippen LogP contribution in [0, 0.1) is 6.92 Å². The minimum absolute atomic E-state index is 1.04. The molecule has 0 radical (unpaired) electrons. The molecule has 3 aromatic carbocycles. The molecule has 0 amide bonds. The van der Waals surface area contributed by atoms with Crippen LogP contribution in [0.1, 0.15) is 12.0 Å². The molecule has 0 bridgehead atoms. The molecular weight excluding hydrogens is 350 g/mol. The molecule has 4 rings (SSSR count). The first-order chi connectivity index (χ1) is 14.3. The highest BCUT2D eigenvalue weighted by atomic mass is 15.1. The lowest BCUT2D eigenvalue weighted by molar-refractivity contribution is 1.21. The van der Waals surface area contributed by atoms with Gasteiger partial charge in [0.1, 0.15) is 0 Å². The normalized spacial score (nSPS) is 13.4. The van der Waals surface area contributed by atoms with E-state index >= 15 is 0 Å². The van der Waals surface area contributed by atoms with Gasteiger partial charge in [0, 0.05) is 18.4 Å². The van der Waals surface area contributed by atoms with Crippen molar-refractivity contribution >= 4 is 11.4 Å². The van der Waals surface area contributed by atoms with Crippen molar-refractivity contribution < 1.29 is 0 Å². The van der Waals surface area contributed by atoms with E-state index in [4.69, 9.17) is 0 Å². The number of benzene rings is 3. The first-order valence-corrected chi connectivity index (χ1v) is 9.85. The van der Waals surface area contributed by atoms with Crippen LogP contribution in [0.25, 0.3) is 0 Å². The van der Waals surface area contributed by atoms with Crippen molar-refractivity contribution in [1.29, 1.82) is 0 Å². The Labute approximate surface area is 175 Å². The fraction of sp³-hybridized carbons (Fsp3) is 0.107. The number of hydrogen-bond acceptors (Lipinski definition) is 1. The summed E-state index contributed by atoms with van der Waals surface area (Å²) in [5.74, 6) is 0. The lowest BCUT2D eigenvalue weighted by Gasteiger charge is -2.18. The highest BCUT2D eigenvalue weighted by Gasteiger charge is 2.00. The summed E-state index contributed by atoms with van der Waals surface area (Å²) < 4.78 is 0. The predicted molar refractivity (Wildman–Crippen MR) is 128 cm³/mol. The second kappa shape index (κ2) is 13.6. The van der Waals surface area contributed by atoms with Crippen LogP contribution in [0.5, 0.6) is 0 Å². The molecule has 146 valence electrons. The molecule has 0 aromatic heterocycles. The fourth-order valence-corrected chi connectivity index (χ4v) is 2.53. The fourth-order valence-electron chi connectivity index (χ4n) is 2.53. The van der Waals surface area contributed by atoms with Gasteiger partial charge in [-0.1, -0.05) is 96.6 Å². The van der Waals surface area contributed by atoms with Gasteiger partial charge in [-0.15, -0.1) is 5.73 Å². The molecular formula is C28H29N. The Kier molecular flexibility index (Phi) is 10.2. The zero-order valence-corrected chi connectivity index (χ0v) is 17.3. The van der Waals surface area contributed by atoms with E-state index in [0.717, 1.165) is 6.42 Å². The van der Waals surface area contributed by atoms with Crippen molar-refractivity contribution in [2.75, 3.05) is 11.9 Å². The molecule has 0 spiro atoms. The van der Waals surface area contributed by atoms with Crippen molar-refractivity contribution in [3.63, 3.8) is 0 Å². The largest absolute Gasteiger partial charge is 0.345 e. The highest BCUT2D eigenvalue weighted by Crippen LogP contribution is 2.21. The van der Waals surface area contributed by atoms with Crippen LogP contribution in [-0.4, -0.2) is 7.05 Å². The summed E-state index contributed by atoms with van der Waals surface area (Å²) in [7, 11) is 2.07. The van der Waals surface area contributed by atoms with Crippen LogP contribution in [-0.2, 0) is 0 Å². The summed E-state index contributed by atoms with van der Waals surface area (Å²) in [6, 6.07) is 30.9. The zero-order valence-electron chi connectivity index (χ0n) is 17.3. The Balaban J connectivity index is 0.000000170. The Morgan fingerprint density at radius 1 is 0.621 bits per heavy atom. The Bertz CT molecular complexity index is 860. The molecule has 3 aromatic rings. The van der Waals surface area contributed by atoms with E-state index in [-0.39, 0.29) is 0 Å². The van der Waals surface area contributed by atoms with Crippen molar-refractivity contribution in [3.05, 3.63) is 139 Å². The smallest absolute Gasteiger partial charge is 0.0408 e. The SMILES string of the molecule is C1=C/C=C\C/C=C\C=1.CN(c1ccccc1)c1ccccc1.Cc1ccccc1. The van der Waals surface area contributed by atoms with E-state index < -0.39 is 0 Å². The number of anilines is 2. The second-order valence-electron chi connectivity index (χ2n) is 6.48. The van der Waals surface area contributed by atoms with Crippen molar-refractivity contribution in [2.45, 2.75) is 13.3 Å². The Hall–Kier alpha value is -3.54. The number of hydrogen-bond donors (Lipinski definition) is 0. The van der Waals surface area contributed by atoms with Gasteiger partial charge < -0.3 is 4.90 Å². The maximum atomic E-state index is 2.96. The minimum atomic E-state index is 1.04. The summed E-state index contributed by atoms with van der Waals surface area (Å²) in [6.07, 6.45) is 13.0. The maximum Gasteiger partial charge on any atom is 0.0408 e. The van der Waals surface area contributed by atoms with E-state index in [0.29, 0.717) is 0 Å². The second-order valence-corrected chi connectivity index (χ2v) is 6.48. The number of nitrogens with zero attached hydrogens (tertiary/aromatic N) is 1. The van der Waals surface area contributed by atoms with Gasteiger partial charge in [-0.05, 0) is 49.8 Å². The van der Waals surface area contributed by atoms with Crippen LogP contribution in [0.2, 0.25) is 0 Å². The molecule has 1 aliphatic carbocycles. The van der Waals surface area contributed by atoms with E-state index in [2.05, 4.69) is 97.4 Å². The van der Waals surface area contributed by atoms with Gasteiger partial charge in [-0.3, -0.25) is 0 Å². The van der Waals surface area contributed by atoms with E-state index in [1.54, 1.807) is 0 Å². The van der Waals surface area contributed by atoms with Gasteiger partial charge in [0.25, 0.3) is 0 Å². The first-order valence-electron chi connectivity index (χ1n) is 9.85. The summed E-state index contributed by atoms with van der Waals surface area (Å²) in [5.41, 5.74) is 6.70. The van der Waals surface area contributed by atoms with Crippen LogP contribution in [0.3, 0.4) is 0 Å². The molecule has 1 aliphatic rings. The zero-order chi connectivity index (χ0) is 20.6. The van der Waals surface area contributed by atoms with Crippen molar-refractivity contribution in [2.24, 2.45) is 0 Å². The van der Waals surface area contributed by atoms with Crippen molar-refractivity contribution in [1.82, 2.24) is 0 Å². The molecule has 0 aliphatic heterocycles. The standard InChI is InChI=1S/C13H13N.C8H8.C7H8/c1-14(12-8-4-2-5-9-12)13-10-6-3-7-11-13;1-2-4-6-8-7-5-3-1;1-7-5-3-2-4-6-7/h2-11H,1H3;1-3,6-8H,4H2;2-6H,1H3/b;2-1-,8-6-;. The van der Waals surface area contributed by atoms with Crippen LogP contribution < -0.4 is 4.90 Å². The van der Waals surface area contributed by atoms with Crippen molar-refractivity contribution in [3.8, 4) is 0 Å². The average Bonchev–Trinajstić information content (AvgIpc) is 2.75. The van der Waals surface area contributed by atoms with E-state index in [1.165, 1.54) is 16.9 Å². The topological polar surface area (TPSA) is 3.24 Å². The quantitative estimate of drug-likeness (QED) is 0.413. The first kappa shape index (κ1) is 21.8. The maximum absolute atomic E-state index is 2.96. The molecule has 0 saturated carbocycles. The summed E-state index contributed by atoms with van der Waals surface area (Å²) >= 11 is 0. The summed E-state index contributed by atoms with van der Waals surface area (Å²) in [4.78, 5) is 2.17. The molecule has 0 atom stereocenters. The van der Waals surface area contributed by atoms with E-state index in [1.807, 2.05) is 54.6 Å². The van der Waals surface area contributed by atoms with Crippen LogP contribution in [0.4, 0.5) is 11.4 Å². The van der Waals surface area contributed by atoms with Crippen LogP contribution in [0.15, 0.2) is 133 Å². The molecule has 1 heteroatoms. The van der Waals surface area contributed by atoms with Gasteiger partial charge in [0.05, 0.1) is 0 Å². The lowest BCUT2D eigenvalue weighted by atomic mass is 10.2. The van der Waals surface area contributed by atoms with Gasteiger partial charge >= 0.3 is 0 Å². The number of para-hydroxylation sites is 2. The molecule has 29 heavy (non-hydrogen) atoms. The molecule has 0 fully saturated rings. The van der Waals surface area contributed by atoms with Gasteiger partial charge in [0.2, 0.25) is 0 Å². The molecule has 0 heterocycles. The molecule has 1 nitrogen and oxygen atoms in total. The summed E-state index contributed by atoms with van der Waals surface area (Å²) in [5, 5.41) is 0. The summed E-state index contributed by atoms with van der Waals surface area (Å²) in [6.45, 7) is 2.08. The molecule has 0 N–H and O–H groups in total. The minimum Gasteiger partial charge on any atom is -0.345 e. The molecule has 0 unspecified atom stereocenters. The monoisotopic (exact) mass is 379 g/mol. The lowest BCUT2D eigenvalue weighted by Crippen LogP contribution is -2.08. The van der Waals surface area contributed by atoms with Crippen LogP contribution >= 0.6 is 0 Å². The third kappa shape index (κ3) is 9.28.